The Balaban J connectivity index is 2.98. The largest absolute Gasteiger partial charge is 0.466 e. The fourth-order valence-electron chi connectivity index (χ4n) is 1.45. The smallest absolute Gasteiger partial charge is 0.310 e. The van der Waals surface area contributed by atoms with Crippen LogP contribution in [0.15, 0.2) is 11.4 Å². The van der Waals surface area contributed by atoms with Crippen molar-refractivity contribution in [2.75, 3.05) is 18.2 Å². The summed E-state index contributed by atoms with van der Waals surface area (Å²) in [4.78, 5) is 20.2. The molecule has 0 aliphatic heterocycles. The zero-order valence-corrected chi connectivity index (χ0v) is 12.9. The second-order valence-corrected chi connectivity index (χ2v) is 5.86. The van der Waals surface area contributed by atoms with Crippen molar-refractivity contribution in [1.29, 1.82) is 0 Å². The maximum Gasteiger partial charge on any atom is 0.310 e. The van der Waals surface area contributed by atoms with Gasteiger partial charge in [-0.3, -0.25) is 4.79 Å². The van der Waals surface area contributed by atoms with Crippen LogP contribution < -0.4 is 5.32 Å². The molecule has 0 radical (unpaired) electrons. The Kier molecular flexibility index (Phi) is 5.60. The van der Waals surface area contributed by atoms with Gasteiger partial charge in [0.1, 0.15) is 5.82 Å². The Morgan fingerprint density at radius 1 is 1.47 bits per heavy atom. The summed E-state index contributed by atoms with van der Waals surface area (Å²) in [7, 11) is 0. The molecule has 0 spiro atoms. The van der Waals surface area contributed by atoms with Gasteiger partial charge in [0.25, 0.3) is 0 Å². The summed E-state index contributed by atoms with van der Waals surface area (Å²) in [6.45, 7) is 8.30. The fraction of sp³-hybridized carbons (Fsp3) is 0.615. The third-order valence-electron chi connectivity index (χ3n) is 2.16. The highest BCUT2D eigenvalue weighted by atomic mass is 32.2. The lowest BCUT2D eigenvalue weighted by Gasteiger charge is -2.23. The Morgan fingerprint density at radius 3 is 2.68 bits per heavy atom. The Hall–Kier alpha value is -1.30. The molecule has 1 N–H and O–H groups in total. The van der Waals surface area contributed by atoms with E-state index in [1.165, 1.54) is 11.8 Å². The van der Waals surface area contributed by atoms with Gasteiger partial charge in [0.05, 0.1) is 13.0 Å². The summed E-state index contributed by atoms with van der Waals surface area (Å²) in [5.41, 5.74) is 0.624. The quantitative estimate of drug-likeness (QED) is 0.509. The number of nitrogens with zero attached hydrogens (tertiary/aromatic N) is 2. The molecule has 6 heteroatoms. The molecule has 0 unspecified atom stereocenters. The number of anilines is 1. The number of esters is 1. The van der Waals surface area contributed by atoms with Gasteiger partial charge in [-0.1, -0.05) is 11.8 Å². The fourth-order valence-corrected chi connectivity index (χ4v) is 1.79. The van der Waals surface area contributed by atoms with Gasteiger partial charge in [-0.05, 0) is 34.0 Å². The molecule has 0 saturated heterocycles. The minimum Gasteiger partial charge on any atom is -0.466 e. The van der Waals surface area contributed by atoms with E-state index in [1.54, 1.807) is 13.1 Å². The summed E-state index contributed by atoms with van der Waals surface area (Å²) in [6.07, 6.45) is 3.78. The zero-order chi connectivity index (χ0) is 14.5. The number of hydrogen-bond donors (Lipinski definition) is 1. The van der Waals surface area contributed by atoms with Gasteiger partial charge in [-0.25, -0.2) is 9.97 Å². The second kappa shape index (κ2) is 6.75. The molecule has 1 heterocycles. The van der Waals surface area contributed by atoms with Gasteiger partial charge in [0, 0.05) is 17.3 Å². The van der Waals surface area contributed by atoms with Crippen molar-refractivity contribution in [3.05, 3.63) is 11.8 Å². The first kappa shape index (κ1) is 15.8. The molecule has 106 valence electrons. The molecule has 5 nitrogen and oxygen atoms in total. The first-order chi connectivity index (χ1) is 8.85. The van der Waals surface area contributed by atoms with Crippen molar-refractivity contribution >= 4 is 23.5 Å². The molecule has 1 rings (SSSR count). The van der Waals surface area contributed by atoms with Crippen molar-refractivity contribution in [3.63, 3.8) is 0 Å². The Labute approximate surface area is 118 Å². The molecule has 0 aromatic carbocycles. The summed E-state index contributed by atoms with van der Waals surface area (Å²) >= 11 is 1.47. The van der Waals surface area contributed by atoms with Crippen LogP contribution in [-0.2, 0) is 16.0 Å². The average molecular weight is 283 g/mol. The van der Waals surface area contributed by atoms with Crippen LogP contribution in [0.5, 0.6) is 0 Å². The van der Waals surface area contributed by atoms with E-state index in [4.69, 9.17) is 4.74 Å². The van der Waals surface area contributed by atoms with Gasteiger partial charge < -0.3 is 10.1 Å². The Morgan fingerprint density at radius 2 is 2.16 bits per heavy atom. The van der Waals surface area contributed by atoms with Crippen LogP contribution in [0.4, 0.5) is 5.82 Å². The van der Waals surface area contributed by atoms with Crippen LogP contribution in [0.25, 0.3) is 0 Å². The molecule has 0 fully saturated rings. The number of rotatable bonds is 5. The number of aromatic nitrogens is 2. The van der Waals surface area contributed by atoms with Gasteiger partial charge in [-0.2, -0.15) is 0 Å². The summed E-state index contributed by atoms with van der Waals surface area (Å²) in [5, 5.41) is 3.98. The van der Waals surface area contributed by atoms with E-state index in [-0.39, 0.29) is 17.9 Å². The van der Waals surface area contributed by atoms with Gasteiger partial charge in [0.2, 0.25) is 0 Å². The molecule has 0 aliphatic rings. The lowest BCUT2D eigenvalue weighted by atomic mass is 10.1. The molecular formula is C13H21N3O2S. The van der Waals surface area contributed by atoms with E-state index in [1.807, 2.05) is 27.0 Å². The van der Waals surface area contributed by atoms with E-state index in [0.29, 0.717) is 17.6 Å². The predicted octanol–water partition coefficient (Wildman–Crippen LogP) is 2.51. The lowest BCUT2D eigenvalue weighted by molar-refractivity contribution is -0.142. The van der Waals surface area contributed by atoms with Crippen molar-refractivity contribution in [2.24, 2.45) is 0 Å². The molecular weight excluding hydrogens is 262 g/mol. The number of nitrogens with one attached hydrogen (secondary N) is 1. The van der Waals surface area contributed by atoms with Crippen LogP contribution in [0.1, 0.15) is 33.3 Å². The zero-order valence-electron chi connectivity index (χ0n) is 12.1. The molecule has 0 amide bonds. The molecule has 0 bridgehead atoms. The maximum absolute atomic E-state index is 11.6. The highest BCUT2D eigenvalue weighted by Crippen LogP contribution is 2.20. The van der Waals surface area contributed by atoms with Crippen LogP contribution in [-0.4, -0.2) is 34.3 Å². The SMILES string of the molecule is CCOC(=O)Cc1cnc(SC)nc1NC(C)(C)C. The first-order valence-corrected chi connectivity index (χ1v) is 7.42. The van der Waals surface area contributed by atoms with Crippen molar-refractivity contribution in [1.82, 2.24) is 9.97 Å². The number of thioether (sulfide) groups is 1. The van der Waals surface area contributed by atoms with E-state index in [9.17, 15) is 4.79 Å². The van der Waals surface area contributed by atoms with Gasteiger partial charge in [0.15, 0.2) is 5.16 Å². The molecule has 1 aromatic heterocycles. The summed E-state index contributed by atoms with van der Waals surface area (Å²) in [5.74, 6) is 0.430. The first-order valence-electron chi connectivity index (χ1n) is 6.19. The molecule has 0 atom stereocenters. The van der Waals surface area contributed by atoms with Crippen LogP contribution in [0.2, 0.25) is 0 Å². The average Bonchev–Trinajstić information content (AvgIpc) is 2.29. The molecule has 0 aliphatic carbocycles. The number of ether oxygens (including phenoxy) is 1. The van der Waals surface area contributed by atoms with Crippen LogP contribution in [0, 0.1) is 0 Å². The molecule has 1 aromatic rings. The topological polar surface area (TPSA) is 64.1 Å². The van der Waals surface area contributed by atoms with Crippen LogP contribution >= 0.6 is 11.8 Å². The minimum absolute atomic E-state index is 0.132. The summed E-state index contributed by atoms with van der Waals surface area (Å²) < 4.78 is 4.96. The third-order valence-corrected chi connectivity index (χ3v) is 2.72. The highest BCUT2D eigenvalue weighted by molar-refractivity contribution is 7.98. The third kappa shape index (κ3) is 5.46. The monoisotopic (exact) mass is 283 g/mol. The van der Waals surface area contributed by atoms with Crippen molar-refractivity contribution < 1.29 is 9.53 Å². The van der Waals surface area contributed by atoms with Crippen molar-refractivity contribution in [3.8, 4) is 0 Å². The standard InChI is InChI=1S/C13H21N3O2S/c1-6-18-10(17)7-9-8-14-12(19-5)15-11(9)16-13(2,3)4/h8H,6-7H2,1-5H3,(H,14,15,16). The highest BCUT2D eigenvalue weighted by Gasteiger charge is 2.17. The van der Waals surface area contributed by atoms with Crippen LogP contribution in [0.3, 0.4) is 0 Å². The van der Waals surface area contributed by atoms with Crippen molar-refractivity contribution in [2.45, 2.75) is 44.8 Å². The maximum atomic E-state index is 11.6. The molecule has 0 saturated carbocycles. The molecule has 19 heavy (non-hydrogen) atoms. The lowest BCUT2D eigenvalue weighted by Crippen LogP contribution is -2.28. The van der Waals surface area contributed by atoms with Gasteiger partial charge in [-0.15, -0.1) is 0 Å². The second-order valence-electron chi connectivity index (χ2n) is 5.09. The van der Waals surface area contributed by atoms with E-state index in [0.717, 1.165) is 5.56 Å². The minimum atomic E-state index is -0.264. The van der Waals surface area contributed by atoms with E-state index >= 15 is 0 Å². The summed E-state index contributed by atoms with van der Waals surface area (Å²) in [6, 6.07) is 0. The number of carbonyl (C=O) groups is 1. The van der Waals surface area contributed by atoms with E-state index < -0.39 is 0 Å². The normalized spacial score (nSPS) is 11.2. The number of carbonyl (C=O) groups excluding carboxylic acids is 1. The van der Waals surface area contributed by atoms with Gasteiger partial charge >= 0.3 is 5.97 Å². The predicted molar refractivity (Wildman–Crippen MR) is 77.5 cm³/mol. The van der Waals surface area contributed by atoms with E-state index in [2.05, 4.69) is 15.3 Å². The Bertz CT molecular complexity index is 444. The number of hydrogen-bond acceptors (Lipinski definition) is 6.